The van der Waals surface area contributed by atoms with E-state index in [9.17, 15) is 9.59 Å². The molecule has 0 radical (unpaired) electrons. The minimum absolute atomic E-state index is 0.253. The van der Waals surface area contributed by atoms with E-state index in [-0.39, 0.29) is 11.4 Å². The summed E-state index contributed by atoms with van der Waals surface area (Å²) in [7, 11) is 3.61. The quantitative estimate of drug-likeness (QED) is 0.794. The molecule has 0 fully saturated rings. The Labute approximate surface area is 107 Å². The predicted molar refractivity (Wildman–Crippen MR) is 70.4 cm³/mol. The Hall–Kier alpha value is -1.62. The highest BCUT2D eigenvalue weighted by Crippen LogP contribution is 2.21. The van der Waals surface area contributed by atoms with Gasteiger partial charge in [-0.25, -0.2) is 9.78 Å². The lowest BCUT2D eigenvalue weighted by Crippen LogP contribution is -2.24. The number of rotatable bonds is 2. The first kappa shape index (κ1) is 14.4. The Bertz CT molecular complexity index is 515. The molecule has 1 atom stereocenters. The molecule has 7 nitrogen and oxygen atoms in total. The Balaban J connectivity index is 0.000000771. The molecule has 1 unspecified atom stereocenters. The second-order valence-electron chi connectivity index (χ2n) is 3.39. The summed E-state index contributed by atoms with van der Waals surface area (Å²) in [6.45, 7) is 5.11. The molecule has 1 aromatic rings. The fourth-order valence-electron chi connectivity index (χ4n) is 1.62. The zero-order valence-corrected chi connectivity index (χ0v) is 11.7. The van der Waals surface area contributed by atoms with Gasteiger partial charge in [0.1, 0.15) is 0 Å². The average Bonchev–Trinajstić information content (AvgIpc) is 2.74. The lowest BCUT2D eigenvalue weighted by molar-refractivity contribution is 0.0688. The maximum absolute atomic E-state index is 11.9. The van der Waals surface area contributed by atoms with Gasteiger partial charge in [0.05, 0.1) is 9.47 Å². The number of aromatic carboxylic acids is 1. The molecule has 0 bridgehead atoms. The lowest BCUT2D eigenvalue weighted by Gasteiger charge is -2.11. The van der Waals surface area contributed by atoms with Crippen molar-refractivity contribution in [1.82, 2.24) is 9.55 Å². The molecule has 0 aromatic carbocycles. The molecule has 100 valence electrons. The van der Waals surface area contributed by atoms with Crippen LogP contribution in [0, 0.1) is 0 Å². The highest BCUT2D eigenvalue weighted by Gasteiger charge is 2.26. The number of likely N-dealkylation sites (N-methyl/N-ethyl adjacent to an activating group) is 1. The van der Waals surface area contributed by atoms with Gasteiger partial charge in [-0.15, -0.1) is 0 Å². The highest BCUT2D eigenvalue weighted by atomic mass is 31.0. The summed E-state index contributed by atoms with van der Waals surface area (Å²) >= 11 is 0. The minimum Gasteiger partial charge on any atom is -0.476 e. The topological polar surface area (TPSA) is 84.7 Å². The maximum Gasteiger partial charge on any atom is 0.358 e. The van der Waals surface area contributed by atoms with Crippen LogP contribution in [0.25, 0.3) is 0 Å². The average molecular weight is 273 g/mol. The van der Waals surface area contributed by atoms with E-state index in [1.807, 2.05) is 23.3 Å². The first-order valence-corrected chi connectivity index (χ1v) is 5.99. The summed E-state index contributed by atoms with van der Waals surface area (Å²) in [5.74, 6) is -1.18. The molecule has 18 heavy (non-hydrogen) atoms. The van der Waals surface area contributed by atoms with Crippen molar-refractivity contribution in [3.63, 3.8) is 0 Å². The molecule has 1 N–H and O–H groups in total. The second kappa shape index (κ2) is 5.82. The zero-order valence-electron chi connectivity index (χ0n) is 10.5. The van der Waals surface area contributed by atoms with Gasteiger partial charge in [0.15, 0.2) is 5.69 Å². The van der Waals surface area contributed by atoms with Crippen LogP contribution in [0.2, 0.25) is 0 Å². The third-order valence-corrected chi connectivity index (χ3v) is 2.66. The van der Waals surface area contributed by atoms with Crippen LogP contribution < -0.4 is 15.0 Å². The summed E-state index contributed by atoms with van der Waals surface area (Å²) in [5.41, 5.74) is -0.832. The monoisotopic (exact) mass is 273 g/mol. The summed E-state index contributed by atoms with van der Waals surface area (Å²) < 4.78 is 6.11. The summed E-state index contributed by atoms with van der Waals surface area (Å²) in [6, 6.07) is 0. The van der Waals surface area contributed by atoms with Crippen molar-refractivity contribution in [2.45, 2.75) is 20.4 Å². The fourth-order valence-corrected chi connectivity index (χ4v) is 1.83. The summed E-state index contributed by atoms with van der Waals surface area (Å²) in [6.07, 6.45) is 0. The Morgan fingerprint density at radius 1 is 1.44 bits per heavy atom. The number of anilines is 1. The number of aromatic nitrogens is 2. The lowest BCUT2D eigenvalue weighted by atomic mass is 10.3. The van der Waals surface area contributed by atoms with Gasteiger partial charge < -0.3 is 14.5 Å². The van der Waals surface area contributed by atoms with Crippen molar-refractivity contribution in [3.8, 4) is 5.75 Å². The van der Waals surface area contributed by atoms with Crippen LogP contribution >= 0.6 is 9.47 Å². The second-order valence-corrected chi connectivity index (χ2v) is 3.63. The van der Waals surface area contributed by atoms with Crippen molar-refractivity contribution < 1.29 is 14.4 Å². The molecule has 1 aromatic heterocycles. The van der Waals surface area contributed by atoms with E-state index in [0.29, 0.717) is 19.0 Å². The predicted octanol–water partition coefficient (Wildman–Crippen LogP) is 0.586. The van der Waals surface area contributed by atoms with Crippen LogP contribution in [0.15, 0.2) is 4.79 Å². The van der Waals surface area contributed by atoms with Crippen LogP contribution in [-0.4, -0.2) is 34.2 Å². The molecule has 8 heteroatoms. The van der Waals surface area contributed by atoms with E-state index >= 15 is 0 Å². The summed E-state index contributed by atoms with van der Waals surface area (Å²) in [5, 5.41) is 8.92. The van der Waals surface area contributed by atoms with Crippen molar-refractivity contribution in [3.05, 3.63) is 16.0 Å². The normalized spacial score (nSPS) is 12.6. The first-order valence-electron chi connectivity index (χ1n) is 5.52. The van der Waals surface area contributed by atoms with Crippen molar-refractivity contribution in [2.75, 3.05) is 18.5 Å². The molecule has 0 amide bonds. The van der Waals surface area contributed by atoms with E-state index in [1.54, 1.807) is 11.9 Å². The van der Waals surface area contributed by atoms with Crippen LogP contribution in [-0.2, 0) is 6.54 Å². The van der Waals surface area contributed by atoms with Gasteiger partial charge in [-0.05, 0) is 0 Å². The number of fused-ring (bicyclic) bond motifs is 1. The third-order valence-electron chi connectivity index (χ3n) is 2.43. The Kier molecular flexibility index (Phi) is 4.67. The SMILES string of the molecule is CC.CN1CCn2c1nc(C(=O)O)c(OP)c2=O. The third kappa shape index (κ3) is 2.31. The number of carbonyl (C=O) groups is 1. The van der Waals surface area contributed by atoms with E-state index in [1.165, 1.54) is 4.57 Å². The van der Waals surface area contributed by atoms with E-state index in [4.69, 9.17) is 9.63 Å². The van der Waals surface area contributed by atoms with Crippen LogP contribution in [0.1, 0.15) is 24.3 Å². The van der Waals surface area contributed by atoms with Gasteiger partial charge in [0.25, 0.3) is 5.56 Å². The largest absolute Gasteiger partial charge is 0.476 e. The maximum atomic E-state index is 11.9. The van der Waals surface area contributed by atoms with Crippen molar-refractivity contribution >= 4 is 21.4 Å². The fraction of sp³-hybridized carbons (Fsp3) is 0.500. The van der Waals surface area contributed by atoms with Crippen LogP contribution in [0.5, 0.6) is 5.75 Å². The molecular formula is C10H16N3O4P. The zero-order chi connectivity index (χ0) is 13.9. The van der Waals surface area contributed by atoms with E-state index in [2.05, 4.69) is 4.98 Å². The van der Waals surface area contributed by atoms with Crippen LogP contribution in [0.3, 0.4) is 0 Å². The molecule has 1 aliphatic rings. The van der Waals surface area contributed by atoms with Gasteiger partial charge >= 0.3 is 5.97 Å². The highest BCUT2D eigenvalue weighted by molar-refractivity contribution is 7.10. The Morgan fingerprint density at radius 3 is 2.56 bits per heavy atom. The van der Waals surface area contributed by atoms with Gasteiger partial charge in [0.2, 0.25) is 11.7 Å². The van der Waals surface area contributed by atoms with Crippen molar-refractivity contribution in [2.24, 2.45) is 0 Å². The minimum atomic E-state index is -1.28. The van der Waals surface area contributed by atoms with Gasteiger partial charge in [0, 0.05) is 20.1 Å². The van der Waals surface area contributed by atoms with E-state index in [0.717, 1.165) is 0 Å². The Morgan fingerprint density at radius 2 is 2.06 bits per heavy atom. The molecule has 2 heterocycles. The van der Waals surface area contributed by atoms with Gasteiger partial charge in [-0.3, -0.25) is 9.36 Å². The number of nitrogens with zero attached hydrogens (tertiary/aromatic N) is 3. The summed E-state index contributed by atoms with van der Waals surface area (Å²) in [4.78, 5) is 28.4. The molecule has 0 aliphatic carbocycles. The number of carboxylic acids is 1. The number of hydrogen-bond acceptors (Lipinski definition) is 5. The molecule has 0 saturated heterocycles. The first-order chi connectivity index (χ1) is 8.56. The smallest absolute Gasteiger partial charge is 0.358 e. The standard InChI is InChI=1S/C8H10N3O4P.C2H6/c1-10-2-3-11-6(12)5(15-16)4(7(13)14)9-8(10)11;1-2/h2-3,16H2,1H3,(H,13,14);1-2H3. The molecule has 2 rings (SSSR count). The number of carboxylic acid groups (broad SMARTS) is 1. The number of hydrogen-bond donors (Lipinski definition) is 1. The van der Waals surface area contributed by atoms with Crippen LogP contribution in [0.4, 0.5) is 5.95 Å². The van der Waals surface area contributed by atoms with Crippen molar-refractivity contribution in [1.29, 1.82) is 0 Å². The van der Waals surface area contributed by atoms with Gasteiger partial charge in [-0.1, -0.05) is 13.8 Å². The molecule has 0 spiro atoms. The molecule has 1 aliphatic heterocycles. The van der Waals surface area contributed by atoms with Gasteiger partial charge in [-0.2, -0.15) is 0 Å². The molecule has 0 saturated carbocycles. The van der Waals surface area contributed by atoms with E-state index < -0.39 is 11.5 Å². The molecular weight excluding hydrogens is 257 g/mol.